The number of nitrogens with zero attached hydrogens (tertiary/aromatic N) is 4. The molecule has 2 aliphatic heterocycles. The molecule has 144 valence electrons. The van der Waals surface area contributed by atoms with E-state index >= 15 is 0 Å². The molecule has 0 aliphatic carbocycles. The zero-order valence-corrected chi connectivity index (χ0v) is 15.9. The van der Waals surface area contributed by atoms with E-state index in [4.69, 9.17) is 20.8 Å². The highest BCUT2D eigenvalue weighted by Crippen LogP contribution is 2.27. The molecule has 0 unspecified atom stereocenters. The van der Waals surface area contributed by atoms with Crippen molar-refractivity contribution in [2.45, 2.75) is 19.4 Å². The lowest BCUT2D eigenvalue weighted by Crippen LogP contribution is -2.46. The van der Waals surface area contributed by atoms with Crippen molar-refractivity contribution < 1.29 is 13.9 Å². The molecule has 0 N–H and O–H groups in total. The van der Waals surface area contributed by atoms with Gasteiger partial charge in [-0.25, -0.2) is 0 Å². The van der Waals surface area contributed by atoms with Gasteiger partial charge in [0.15, 0.2) is 0 Å². The van der Waals surface area contributed by atoms with Crippen LogP contribution < -0.4 is 0 Å². The third kappa shape index (κ3) is 4.31. The SMILES string of the molecule is O=C(C1CCN(Cc2nnc(-c3ccccc3Cl)o2)CC1)N1CCOCC1. The van der Waals surface area contributed by atoms with Crippen LogP contribution >= 0.6 is 11.6 Å². The maximum Gasteiger partial charge on any atom is 0.249 e. The van der Waals surface area contributed by atoms with Gasteiger partial charge in [0.05, 0.1) is 30.3 Å². The number of halogens is 1. The molecular weight excluding hydrogens is 368 g/mol. The zero-order valence-electron chi connectivity index (χ0n) is 15.1. The molecule has 1 aromatic carbocycles. The van der Waals surface area contributed by atoms with Crippen LogP contribution in [-0.4, -0.2) is 65.3 Å². The second kappa shape index (κ2) is 8.37. The first-order valence-corrected chi connectivity index (χ1v) is 9.74. The van der Waals surface area contributed by atoms with Crippen LogP contribution in [0.4, 0.5) is 0 Å². The zero-order chi connectivity index (χ0) is 18.6. The average molecular weight is 391 g/mol. The molecule has 8 heteroatoms. The molecule has 3 heterocycles. The number of piperidine rings is 1. The summed E-state index contributed by atoms with van der Waals surface area (Å²) in [6, 6.07) is 7.42. The van der Waals surface area contributed by atoms with Gasteiger partial charge in [0, 0.05) is 19.0 Å². The van der Waals surface area contributed by atoms with Crippen LogP contribution in [0, 0.1) is 5.92 Å². The van der Waals surface area contributed by atoms with Crippen LogP contribution in [0.5, 0.6) is 0 Å². The van der Waals surface area contributed by atoms with Crippen LogP contribution in [0.25, 0.3) is 11.5 Å². The van der Waals surface area contributed by atoms with Crippen molar-refractivity contribution >= 4 is 17.5 Å². The molecule has 0 atom stereocenters. The van der Waals surface area contributed by atoms with Crippen LogP contribution in [-0.2, 0) is 16.1 Å². The molecule has 4 rings (SSSR count). The molecule has 0 spiro atoms. The van der Waals surface area contributed by atoms with Gasteiger partial charge >= 0.3 is 0 Å². The van der Waals surface area contributed by atoms with Gasteiger partial charge in [-0.2, -0.15) is 0 Å². The summed E-state index contributed by atoms with van der Waals surface area (Å²) in [7, 11) is 0. The van der Waals surface area contributed by atoms with E-state index in [-0.39, 0.29) is 11.8 Å². The van der Waals surface area contributed by atoms with Crippen LogP contribution in [0.3, 0.4) is 0 Å². The number of aromatic nitrogens is 2. The van der Waals surface area contributed by atoms with E-state index in [0.717, 1.165) is 31.5 Å². The van der Waals surface area contributed by atoms with Crippen molar-refractivity contribution in [3.05, 3.63) is 35.2 Å². The number of likely N-dealkylation sites (tertiary alicyclic amines) is 1. The Morgan fingerprint density at radius 2 is 1.85 bits per heavy atom. The van der Waals surface area contributed by atoms with Gasteiger partial charge in [-0.1, -0.05) is 23.7 Å². The molecule has 2 fully saturated rings. The fraction of sp³-hybridized carbons (Fsp3) is 0.526. The third-order valence-electron chi connectivity index (χ3n) is 5.19. The molecule has 0 radical (unpaired) electrons. The normalized spacial score (nSPS) is 19.4. The van der Waals surface area contributed by atoms with E-state index in [2.05, 4.69) is 15.1 Å². The van der Waals surface area contributed by atoms with Gasteiger partial charge in [0.25, 0.3) is 0 Å². The predicted octanol–water partition coefficient (Wildman–Crippen LogP) is 2.46. The van der Waals surface area contributed by atoms with Crippen LogP contribution in [0.1, 0.15) is 18.7 Å². The molecule has 2 saturated heterocycles. The minimum absolute atomic E-state index is 0.112. The van der Waals surface area contributed by atoms with Crippen LogP contribution in [0.2, 0.25) is 5.02 Å². The molecule has 7 nitrogen and oxygen atoms in total. The fourth-order valence-electron chi connectivity index (χ4n) is 3.63. The Balaban J connectivity index is 1.31. The topological polar surface area (TPSA) is 71.7 Å². The number of hydrogen-bond acceptors (Lipinski definition) is 6. The van der Waals surface area contributed by atoms with Gasteiger partial charge in [-0.15, -0.1) is 10.2 Å². The second-order valence-corrected chi connectivity index (χ2v) is 7.38. The number of carbonyl (C=O) groups is 1. The van der Waals surface area contributed by atoms with Gasteiger partial charge < -0.3 is 14.1 Å². The maximum absolute atomic E-state index is 12.6. The molecule has 2 aromatic rings. The number of carbonyl (C=O) groups excluding carboxylic acids is 1. The van der Waals surface area contributed by atoms with Crippen molar-refractivity contribution in [1.29, 1.82) is 0 Å². The smallest absolute Gasteiger partial charge is 0.249 e. The summed E-state index contributed by atoms with van der Waals surface area (Å²) in [5.74, 6) is 1.40. The van der Waals surface area contributed by atoms with Gasteiger partial charge in [0.2, 0.25) is 17.7 Å². The Morgan fingerprint density at radius 1 is 1.11 bits per heavy atom. The summed E-state index contributed by atoms with van der Waals surface area (Å²) in [5, 5.41) is 8.86. The molecule has 27 heavy (non-hydrogen) atoms. The summed E-state index contributed by atoms with van der Waals surface area (Å²) < 4.78 is 11.1. The Hall–Kier alpha value is -1.96. The van der Waals surface area contributed by atoms with E-state index in [1.54, 1.807) is 6.07 Å². The largest absolute Gasteiger partial charge is 0.419 e. The minimum Gasteiger partial charge on any atom is -0.419 e. The van der Waals surface area contributed by atoms with E-state index in [9.17, 15) is 4.79 Å². The molecule has 0 saturated carbocycles. The summed E-state index contributed by atoms with van der Waals surface area (Å²) >= 11 is 6.19. The molecular formula is C19H23ClN4O3. The van der Waals surface area contributed by atoms with Gasteiger partial charge in [0.1, 0.15) is 0 Å². The molecule has 2 aliphatic rings. The standard InChI is InChI=1S/C19H23ClN4O3/c20-16-4-2-1-3-15(16)18-22-21-17(27-18)13-23-7-5-14(6-8-23)19(25)24-9-11-26-12-10-24/h1-4,14H,5-13H2. The van der Waals surface area contributed by atoms with E-state index < -0.39 is 0 Å². The first kappa shape index (κ1) is 18.4. The number of ether oxygens (including phenoxy) is 1. The van der Waals surface area contributed by atoms with Crippen LogP contribution in [0.15, 0.2) is 28.7 Å². The first-order chi connectivity index (χ1) is 13.2. The number of morpholine rings is 1. The second-order valence-electron chi connectivity index (χ2n) is 6.97. The average Bonchev–Trinajstić information content (AvgIpc) is 3.17. The van der Waals surface area contributed by atoms with E-state index in [0.29, 0.717) is 49.7 Å². The Bertz CT molecular complexity index is 783. The van der Waals surface area contributed by atoms with Crippen molar-refractivity contribution in [1.82, 2.24) is 20.0 Å². The highest BCUT2D eigenvalue weighted by molar-refractivity contribution is 6.33. The number of rotatable bonds is 4. The summed E-state index contributed by atoms with van der Waals surface area (Å²) in [5.41, 5.74) is 0.743. The van der Waals surface area contributed by atoms with E-state index in [1.165, 1.54) is 0 Å². The summed E-state index contributed by atoms with van der Waals surface area (Å²) in [6.45, 7) is 5.02. The third-order valence-corrected chi connectivity index (χ3v) is 5.52. The first-order valence-electron chi connectivity index (χ1n) is 9.37. The van der Waals surface area contributed by atoms with Crippen molar-refractivity contribution in [2.24, 2.45) is 5.92 Å². The Kier molecular flexibility index (Phi) is 5.71. The minimum atomic E-state index is 0.112. The molecule has 0 bridgehead atoms. The summed E-state index contributed by atoms with van der Waals surface area (Å²) in [4.78, 5) is 16.8. The van der Waals surface area contributed by atoms with Crippen molar-refractivity contribution in [2.75, 3.05) is 39.4 Å². The highest BCUT2D eigenvalue weighted by Gasteiger charge is 2.29. The van der Waals surface area contributed by atoms with Gasteiger partial charge in [-0.05, 0) is 38.1 Å². The Morgan fingerprint density at radius 3 is 2.59 bits per heavy atom. The number of amides is 1. The molecule has 1 aromatic heterocycles. The lowest BCUT2D eigenvalue weighted by atomic mass is 9.95. The molecule has 1 amide bonds. The van der Waals surface area contributed by atoms with Crippen molar-refractivity contribution in [3.63, 3.8) is 0 Å². The number of benzene rings is 1. The lowest BCUT2D eigenvalue weighted by molar-refractivity contribution is -0.141. The van der Waals surface area contributed by atoms with E-state index in [1.807, 2.05) is 23.1 Å². The quantitative estimate of drug-likeness (QED) is 0.798. The highest BCUT2D eigenvalue weighted by atomic mass is 35.5. The lowest BCUT2D eigenvalue weighted by Gasteiger charge is -2.35. The van der Waals surface area contributed by atoms with Crippen molar-refractivity contribution in [3.8, 4) is 11.5 Å². The van der Waals surface area contributed by atoms with Gasteiger partial charge in [-0.3, -0.25) is 9.69 Å². The fourth-order valence-corrected chi connectivity index (χ4v) is 3.85. The summed E-state index contributed by atoms with van der Waals surface area (Å²) in [6.07, 6.45) is 1.73. The maximum atomic E-state index is 12.6. The Labute approximate surface area is 163 Å². The monoisotopic (exact) mass is 390 g/mol. The number of hydrogen-bond donors (Lipinski definition) is 0. The predicted molar refractivity (Wildman–Crippen MR) is 100 cm³/mol.